The normalized spacial score (nSPS) is 12.3. The van der Waals surface area contributed by atoms with E-state index in [1.807, 2.05) is 30.3 Å². The third-order valence-corrected chi connectivity index (χ3v) is 3.48. The summed E-state index contributed by atoms with van der Waals surface area (Å²) in [4.78, 5) is 23.7. The molecule has 0 radical (unpaired) electrons. The van der Waals surface area contributed by atoms with Crippen molar-refractivity contribution in [3.05, 3.63) is 71.3 Å². The van der Waals surface area contributed by atoms with Crippen LogP contribution < -0.4 is 16.5 Å². The second-order valence-electron chi connectivity index (χ2n) is 5.48. The van der Waals surface area contributed by atoms with Gasteiger partial charge in [0.05, 0.1) is 0 Å². The highest BCUT2D eigenvalue weighted by atomic mass is 16.5. The number of nitrogens with one attached hydrogen (secondary N) is 2. The van der Waals surface area contributed by atoms with Gasteiger partial charge < -0.3 is 11.1 Å². The minimum absolute atomic E-state index is 0.363. The standard InChI is InChI=1S/C19H19N3O3/c1-13(20)17(19(24)22-25)21-18(23)16-11-9-15(10-12-16)8-7-14-5-3-2-4-6-14/h2-6,9-13,17,25H,20H2,1H3,(H,21,23)(H,22,24)/t13-,17-/m0/s1. The van der Waals surface area contributed by atoms with Gasteiger partial charge in [-0.3, -0.25) is 14.8 Å². The molecular formula is C19H19N3O3. The summed E-state index contributed by atoms with van der Waals surface area (Å²) < 4.78 is 0. The molecule has 0 bridgehead atoms. The van der Waals surface area contributed by atoms with Gasteiger partial charge in [-0.05, 0) is 43.3 Å². The van der Waals surface area contributed by atoms with Gasteiger partial charge in [-0.15, -0.1) is 0 Å². The number of carbonyl (C=O) groups excluding carboxylic acids is 2. The van der Waals surface area contributed by atoms with Crippen LogP contribution in [0.4, 0.5) is 0 Å². The monoisotopic (exact) mass is 337 g/mol. The molecule has 0 aliphatic carbocycles. The molecule has 2 amide bonds. The summed E-state index contributed by atoms with van der Waals surface area (Å²) in [5.41, 5.74) is 9.17. The van der Waals surface area contributed by atoms with E-state index in [9.17, 15) is 9.59 Å². The molecule has 0 aliphatic heterocycles. The Morgan fingerprint density at radius 2 is 1.56 bits per heavy atom. The Bertz CT molecular complexity index is 790. The van der Waals surface area contributed by atoms with Gasteiger partial charge in [-0.2, -0.15) is 0 Å². The fraction of sp³-hybridized carbons (Fsp3) is 0.158. The number of rotatable bonds is 4. The minimum atomic E-state index is -1.03. The summed E-state index contributed by atoms with van der Waals surface area (Å²) in [7, 11) is 0. The van der Waals surface area contributed by atoms with Crippen LogP contribution in [-0.2, 0) is 4.79 Å². The van der Waals surface area contributed by atoms with Crippen molar-refractivity contribution in [3.63, 3.8) is 0 Å². The van der Waals surface area contributed by atoms with Crippen molar-refractivity contribution in [1.82, 2.24) is 10.8 Å². The van der Waals surface area contributed by atoms with E-state index in [0.29, 0.717) is 5.56 Å². The summed E-state index contributed by atoms with van der Waals surface area (Å²) in [6, 6.07) is 14.5. The Hall–Kier alpha value is -3.14. The molecule has 2 rings (SSSR count). The molecule has 128 valence electrons. The van der Waals surface area contributed by atoms with Gasteiger partial charge in [0.25, 0.3) is 11.8 Å². The Balaban J connectivity index is 2.07. The molecule has 6 nitrogen and oxygen atoms in total. The molecule has 0 saturated heterocycles. The number of hydroxylamine groups is 1. The molecule has 0 unspecified atom stereocenters. The van der Waals surface area contributed by atoms with E-state index < -0.39 is 23.9 Å². The van der Waals surface area contributed by atoms with Crippen LogP contribution in [0.2, 0.25) is 0 Å². The summed E-state index contributed by atoms with van der Waals surface area (Å²) >= 11 is 0. The van der Waals surface area contributed by atoms with E-state index in [4.69, 9.17) is 10.9 Å². The topological polar surface area (TPSA) is 104 Å². The van der Waals surface area contributed by atoms with E-state index in [1.165, 1.54) is 5.48 Å². The number of hydrogen-bond acceptors (Lipinski definition) is 4. The van der Waals surface area contributed by atoms with Gasteiger partial charge >= 0.3 is 0 Å². The van der Waals surface area contributed by atoms with E-state index in [2.05, 4.69) is 17.2 Å². The third kappa shape index (κ3) is 5.18. The van der Waals surface area contributed by atoms with E-state index >= 15 is 0 Å². The number of hydrogen-bond donors (Lipinski definition) is 4. The molecule has 2 aromatic rings. The fourth-order valence-corrected chi connectivity index (χ4v) is 2.10. The SMILES string of the molecule is C[C@H](N)[C@H](NC(=O)c1ccc(C#Cc2ccccc2)cc1)C(=O)NO. The fourth-order valence-electron chi connectivity index (χ4n) is 2.10. The molecule has 0 saturated carbocycles. The summed E-state index contributed by atoms with van der Waals surface area (Å²) in [6.07, 6.45) is 0. The molecule has 5 N–H and O–H groups in total. The molecule has 2 atom stereocenters. The number of carbonyl (C=O) groups is 2. The Kier molecular flexibility index (Phi) is 6.29. The molecule has 0 aliphatic rings. The van der Waals surface area contributed by atoms with Crippen molar-refractivity contribution in [2.45, 2.75) is 19.0 Å². The van der Waals surface area contributed by atoms with Crippen LogP contribution in [0.25, 0.3) is 0 Å². The van der Waals surface area contributed by atoms with Crippen molar-refractivity contribution in [1.29, 1.82) is 0 Å². The highest BCUT2D eigenvalue weighted by molar-refractivity contribution is 5.97. The van der Waals surface area contributed by atoms with Crippen molar-refractivity contribution in [2.75, 3.05) is 0 Å². The summed E-state index contributed by atoms with van der Waals surface area (Å²) in [5.74, 6) is 4.81. The van der Waals surface area contributed by atoms with Crippen molar-refractivity contribution in [2.24, 2.45) is 5.73 Å². The van der Waals surface area contributed by atoms with Crippen LogP contribution in [0, 0.1) is 11.8 Å². The Morgan fingerprint density at radius 1 is 1.00 bits per heavy atom. The smallest absolute Gasteiger partial charge is 0.267 e. The van der Waals surface area contributed by atoms with E-state index in [1.54, 1.807) is 31.2 Å². The van der Waals surface area contributed by atoms with Crippen molar-refractivity contribution >= 4 is 11.8 Å². The zero-order chi connectivity index (χ0) is 18.2. The molecule has 0 spiro atoms. The maximum absolute atomic E-state index is 12.2. The van der Waals surface area contributed by atoms with E-state index in [0.717, 1.165) is 11.1 Å². The molecule has 0 fully saturated rings. The van der Waals surface area contributed by atoms with Crippen LogP contribution in [0.3, 0.4) is 0 Å². The number of amides is 2. The average molecular weight is 337 g/mol. The van der Waals surface area contributed by atoms with Crippen LogP contribution >= 0.6 is 0 Å². The largest absolute Gasteiger partial charge is 0.339 e. The highest BCUT2D eigenvalue weighted by Crippen LogP contribution is 2.05. The first-order valence-corrected chi connectivity index (χ1v) is 7.69. The zero-order valence-corrected chi connectivity index (χ0v) is 13.7. The van der Waals surface area contributed by atoms with Crippen molar-refractivity contribution < 1.29 is 14.8 Å². The first-order valence-electron chi connectivity index (χ1n) is 7.69. The predicted octanol–water partition coefficient (Wildman–Crippen LogP) is 1.04. The van der Waals surface area contributed by atoms with Crippen molar-refractivity contribution in [3.8, 4) is 11.8 Å². The summed E-state index contributed by atoms with van der Waals surface area (Å²) in [6.45, 7) is 1.56. The van der Waals surface area contributed by atoms with Gasteiger partial charge in [0.1, 0.15) is 6.04 Å². The zero-order valence-electron chi connectivity index (χ0n) is 13.7. The molecule has 25 heavy (non-hydrogen) atoms. The van der Waals surface area contributed by atoms with Crippen LogP contribution in [0.5, 0.6) is 0 Å². The van der Waals surface area contributed by atoms with E-state index in [-0.39, 0.29) is 0 Å². The van der Waals surface area contributed by atoms with Gasteiger partial charge in [0.2, 0.25) is 0 Å². The van der Waals surface area contributed by atoms with Gasteiger partial charge in [0, 0.05) is 22.7 Å². The maximum atomic E-state index is 12.2. The quantitative estimate of drug-likeness (QED) is 0.380. The molecule has 0 aromatic heterocycles. The number of benzene rings is 2. The van der Waals surface area contributed by atoms with Crippen LogP contribution in [-0.4, -0.2) is 29.1 Å². The Morgan fingerprint density at radius 3 is 2.08 bits per heavy atom. The second kappa shape index (κ2) is 8.64. The lowest BCUT2D eigenvalue weighted by Gasteiger charge is -2.20. The average Bonchev–Trinajstić information content (AvgIpc) is 2.64. The first kappa shape index (κ1) is 18.2. The predicted molar refractivity (Wildman–Crippen MR) is 93.7 cm³/mol. The third-order valence-electron chi connectivity index (χ3n) is 3.48. The van der Waals surface area contributed by atoms with Gasteiger partial charge in [-0.25, -0.2) is 5.48 Å². The second-order valence-corrected chi connectivity index (χ2v) is 5.48. The van der Waals surface area contributed by atoms with Crippen LogP contribution in [0.15, 0.2) is 54.6 Å². The lowest BCUT2D eigenvalue weighted by Crippen LogP contribution is -2.54. The number of nitrogens with two attached hydrogens (primary N) is 1. The first-order chi connectivity index (χ1) is 12.0. The summed E-state index contributed by atoms with van der Waals surface area (Å²) in [5, 5.41) is 11.2. The molecular weight excluding hydrogens is 318 g/mol. The van der Waals surface area contributed by atoms with Gasteiger partial charge in [-0.1, -0.05) is 30.0 Å². The molecule has 6 heteroatoms. The molecule has 0 heterocycles. The maximum Gasteiger partial charge on any atom is 0.267 e. The minimum Gasteiger partial charge on any atom is -0.339 e. The lowest BCUT2D eigenvalue weighted by molar-refractivity contribution is -0.131. The Labute approximate surface area is 146 Å². The molecule has 2 aromatic carbocycles. The highest BCUT2D eigenvalue weighted by Gasteiger charge is 2.24. The lowest BCUT2D eigenvalue weighted by atomic mass is 10.1. The van der Waals surface area contributed by atoms with Gasteiger partial charge in [0.15, 0.2) is 0 Å². The van der Waals surface area contributed by atoms with Crippen LogP contribution in [0.1, 0.15) is 28.4 Å².